The lowest BCUT2D eigenvalue weighted by Gasteiger charge is -2.42. The third-order valence-corrected chi connectivity index (χ3v) is 5.49. The van der Waals surface area contributed by atoms with E-state index in [1.165, 1.54) is 51.4 Å². The Morgan fingerprint density at radius 1 is 0.889 bits per heavy atom. The monoisotopic (exact) mass is 251 g/mol. The Morgan fingerprint density at radius 2 is 1.56 bits per heavy atom. The molecule has 0 amide bonds. The first-order valence-corrected chi connectivity index (χ1v) is 8.28. The highest BCUT2D eigenvalue weighted by Crippen LogP contribution is 2.39. The molecule has 0 saturated heterocycles. The maximum atomic E-state index is 4.08. The highest BCUT2D eigenvalue weighted by Gasteiger charge is 2.36. The molecule has 4 unspecified atom stereocenters. The average molecular weight is 251 g/mol. The van der Waals surface area contributed by atoms with Crippen LogP contribution in [0, 0.1) is 17.3 Å². The highest BCUT2D eigenvalue weighted by molar-refractivity contribution is 4.92. The molecule has 0 aromatic carbocycles. The second-order valence-electron chi connectivity index (χ2n) is 7.74. The maximum Gasteiger partial charge on any atom is 0.0103 e. The first-order chi connectivity index (χ1) is 8.52. The molecule has 0 bridgehead atoms. The van der Waals surface area contributed by atoms with Crippen LogP contribution in [0.25, 0.3) is 0 Å². The first kappa shape index (κ1) is 14.4. The molecular formula is C17H33N. The van der Waals surface area contributed by atoms with Crippen LogP contribution in [-0.2, 0) is 0 Å². The summed E-state index contributed by atoms with van der Waals surface area (Å²) in [5.74, 6) is 1.83. The van der Waals surface area contributed by atoms with Gasteiger partial charge in [0.2, 0.25) is 0 Å². The predicted octanol–water partition coefficient (Wildman–Crippen LogP) is 4.76. The largest absolute Gasteiger partial charge is 0.311 e. The van der Waals surface area contributed by atoms with Crippen molar-refractivity contribution in [3.05, 3.63) is 0 Å². The lowest BCUT2D eigenvalue weighted by Crippen LogP contribution is -2.49. The minimum atomic E-state index is 0.471. The molecule has 2 saturated carbocycles. The normalized spacial score (nSPS) is 38.0. The van der Waals surface area contributed by atoms with Crippen molar-refractivity contribution in [2.24, 2.45) is 17.3 Å². The number of hydrogen-bond acceptors (Lipinski definition) is 1. The van der Waals surface area contributed by atoms with E-state index >= 15 is 0 Å². The summed E-state index contributed by atoms with van der Waals surface area (Å²) >= 11 is 0. The fourth-order valence-corrected chi connectivity index (χ4v) is 4.39. The topological polar surface area (TPSA) is 12.0 Å². The van der Waals surface area contributed by atoms with E-state index in [9.17, 15) is 0 Å². The fourth-order valence-electron chi connectivity index (χ4n) is 4.39. The lowest BCUT2D eigenvalue weighted by atomic mass is 9.69. The Bertz CT molecular complexity index is 253. The Balaban J connectivity index is 1.97. The maximum absolute atomic E-state index is 4.08. The molecule has 1 N–H and O–H groups in total. The summed E-state index contributed by atoms with van der Waals surface area (Å²) in [6, 6.07) is 1.61. The quantitative estimate of drug-likeness (QED) is 0.762. The minimum Gasteiger partial charge on any atom is -0.311 e. The second-order valence-corrected chi connectivity index (χ2v) is 7.74. The fraction of sp³-hybridized carbons (Fsp3) is 1.00. The number of nitrogens with one attached hydrogen (secondary N) is 1. The van der Waals surface area contributed by atoms with Gasteiger partial charge in [-0.2, -0.15) is 0 Å². The minimum absolute atomic E-state index is 0.471. The summed E-state index contributed by atoms with van der Waals surface area (Å²) in [5, 5.41) is 4.08. The van der Waals surface area contributed by atoms with E-state index < -0.39 is 0 Å². The van der Waals surface area contributed by atoms with E-state index in [0.29, 0.717) is 5.41 Å². The molecule has 0 spiro atoms. The molecule has 2 aliphatic rings. The third kappa shape index (κ3) is 3.29. The first-order valence-electron chi connectivity index (χ1n) is 8.28. The van der Waals surface area contributed by atoms with E-state index in [4.69, 9.17) is 0 Å². The van der Waals surface area contributed by atoms with Crippen molar-refractivity contribution in [2.45, 2.75) is 91.1 Å². The summed E-state index contributed by atoms with van der Waals surface area (Å²) in [4.78, 5) is 0. The Labute approximate surface area is 114 Å². The van der Waals surface area contributed by atoms with Crippen LogP contribution in [0.15, 0.2) is 0 Å². The van der Waals surface area contributed by atoms with Crippen LogP contribution in [0.4, 0.5) is 0 Å². The van der Waals surface area contributed by atoms with Gasteiger partial charge in [-0.05, 0) is 42.9 Å². The Kier molecular flexibility index (Phi) is 4.75. The SMILES string of the molecule is CCC1CCCC1NC1CCCCC1C(C)(C)C. The van der Waals surface area contributed by atoms with Crippen molar-refractivity contribution >= 4 is 0 Å². The Morgan fingerprint density at radius 3 is 2.22 bits per heavy atom. The zero-order valence-corrected chi connectivity index (χ0v) is 13.0. The highest BCUT2D eigenvalue weighted by atomic mass is 15.0. The van der Waals surface area contributed by atoms with Crippen LogP contribution in [0.3, 0.4) is 0 Å². The summed E-state index contributed by atoms with van der Waals surface area (Å²) in [7, 11) is 0. The van der Waals surface area contributed by atoms with Crippen molar-refractivity contribution in [3.8, 4) is 0 Å². The van der Waals surface area contributed by atoms with Crippen LogP contribution in [0.2, 0.25) is 0 Å². The van der Waals surface area contributed by atoms with Gasteiger partial charge in [-0.3, -0.25) is 0 Å². The van der Waals surface area contributed by atoms with Gasteiger partial charge in [0, 0.05) is 12.1 Å². The summed E-state index contributed by atoms with van der Waals surface area (Å²) < 4.78 is 0. The van der Waals surface area contributed by atoms with Gasteiger partial charge in [-0.15, -0.1) is 0 Å². The van der Waals surface area contributed by atoms with Crippen molar-refractivity contribution in [1.29, 1.82) is 0 Å². The van der Waals surface area contributed by atoms with Gasteiger partial charge >= 0.3 is 0 Å². The van der Waals surface area contributed by atoms with Gasteiger partial charge in [0.05, 0.1) is 0 Å². The van der Waals surface area contributed by atoms with E-state index in [1.54, 1.807) is 0 Å². The number of hydrogen-bond donors (Lipinski definition) is 1. The standard InChI is InChI=1S/C17H33N/c1-5-13-9-8-12-15(13)18-16-11-7-6-10-14(16)17(2,3)4/h13-16,18H,5-12H2,1-4H3. The van der Waals surface area contributed by atoms with Crippen molar-refractivity contribution in [2.75, 3.05) is 0 Å². The van der Waals surface area contributed by atoms with Crippen molar-refractivity contribution in [1.82, 2.24) is 5.32 Å². The average Bonchev–Trinajstić information content (AvgIpc) is 2.75. The molecular weight excluding hydrogens is 218 g/mol. The molecule has 0 heterocycles. The molecule has 2 aliphatic carbocycles. The van der Waals surface area contributed by atoms with Crippen LogP contribution < -0.4 is 5.32 Å². The van der Waals surface area contributed by atoms with Gasteiger partial charge in [-0.25, -0.2) is 0 Å². The van der Waals surface area contributed by atoms with Gasteiger partial charge in [0.15, 0.2) is 0 Å². The third-order valence-electron chi connectivity index (χ3n) is 5.49. The Hall–Kier alpha value is -0.0400. The van der Waals surface area contributed by atoms with Crippen molar-refractivity contribution < 1.29 is 0 Å². The van der Waals surface area contributed by atoms with Gasteiger partial charge < -0.3 is 5.32 Å². The van der Waals surface area contributed by atoms with Crippen molar-refractivity contribution in [3.63, 3.8) is 0 Å². The molecule has 2 fully saturated rings. The molecule has 0 aromatic heterocycles. The molecule has 0 radical (unpaired) electrons. The van der Waals surface area contributed by atoms with E-state index in [0.717, 1.165) is 23.9 Å². The summed E-state index contributed by atoms with van der Waals surface area (Å²) in [6.07, 6.45) is 11.4. The van der Waals surface area contributed by atoms with E-state index in [2.05, 4.69) is 33.0 Å². The van der Waals surface area contributed by atoms with Crippen LogP contribution >= 0.6 is 0 Å². The van der Waals surface area contributed by atoms with Gasteiger partial charge in [-0.1, -0.05) is 53.4 Å². The second kappa shape index (κ2) is 5.94. The molecule has 0 aliphatic heterocycles. The molecule has 0 aromatic rings. The molecule has 1 heteroatoms. The molecule has 106 valence electrons. The molecule has 1 nitrogen and oxygen atoms in total. The zero-order valence-electron chi connectivity index (χ0n) is 13.0. The van der Waals surface area contributed by atoms with Gasteiger partial charge in [0.1, 0.15) is 0 Å². The lowest BCUT2D eigenvalue weighted by molar-refractivity contribution is 0.117. The van der Waals surface area contributed by atoms with Crippen LogP contribution in [-0.4, -0.2) is 12.1 Å². The van der Waals surface area contributed by atoms with E-state index in [1.807, 2.05) is 0 Å². The molecule has 18 heavy (non-hydrogen) atoms. The summed E-state index contributed by atoms with van der Waals surface area (Å²) in [6.45, 7) is 9.67. The predicted molar refractivity (Wildman–Crippen MR) is 79.8 cm³/mol. The van der Waals surface area contributed by atoms with E-state index in [-0.39, 0.29) is 0 Å². The summed E-state index contributed by atoms with van der Waals surface area (Å²) in [5.41, 5.74) is 0.471. The zero-order chi connectivity index (χ0) is 13.2. The molecule has 2 rings (SSSR count). The smallest absolute Gasteiger partial charge is 0.0103 e. The van der Waals surface area contributed by atoms with Crippen LogP contribution in [0.5, 0.6) is 0 Å². The van der Waals surface area contributed by atoms with Crippen LogP contribution in [0.1, 0.15) is 79.1 Å². The van der Waals surface area contributed by atoms with Gasteiger partial charge in [0.25, 0.3) is 0 Å². The molecule has 4 atom stereocenters. The number of rotatable bonds is 3.